The van der Waals surface area contributed by atoms with Crippen molar-refractivity contribution in [2.75, 3.05) is 12.4 Å². The van der Waals surface area contributed by atoms with E-state index in [4.69, 9.17) is 0 Å². The first-order valence-corrected chi connectivity index (χ1v) is 10.2. The monoisotopic (exact) mass is 419 g/mol. The lowest BCUT2D eigenvalue weighted by Gasteiger charge is -2.24. The second-order valence-corrected chi connectivity index (χ2v) is 7.66. The molecule has 30 heavy (non-hydrogen) atoms. The second kappa shape index (κ2) is 12.6. The molecule has 166 valence electrons. The van der Waals surface area contributed by atoms with Crippen molar-refractivity contribution in [1.29, 1.82) is 0 Å². The molecular formula is C22H33N3O5. The molecule has 0 aliphatic rings. The molecule has 0 saturated heterocycles. The normalized spacial score (nSPS) is 12.6. The van der Waals surface area contributed by atoms with E-state index in [0.29, 0.717) is 18.5 Å². The van der Waals surface area contributed by atoms with Crippen LogP contribution < -0.4 is 16.0 Å². The molecule has 0 unspecified atom stereocenters. The van der Waals surface area contributed by atoms with Crippen LogP contribution in [0.3, 0.4) is 0 Å². The van der Waals surface area contributed by atoms with Gasteiger partial charge in [-0.05, 0) is 44.7 Å². The van der Waals surface area contributed by atoms with Gasteiger partial charge >= 0.3 is 5.97 Å². The minimum absolute atomic E-state index is 0.156. The van der Waals surface area contributed by atoms with Gasteiger partial charge in [-0.25, -0.2) is 0 Å². The summed E-state index contributed by atoms with van der Waals surface area (Å²) in [6.45, 7) is 7.18. The number of aryl methyl sites for hydroxylation is 1. The maximum absolute atomic E-state index is 12.6. The van der Waals surface area contributed by atoms with Crippen molar-refractivity contribution in [3.05, 3.63) is 29.8 Å². The van der Waals surface area contributed by atoms with Crippen LogP contribution in [0.5, 0.6) is 0 Å². The summed E-state index contributed by atoms with van der Waals surface area (Å²) >= 11 is 0. The van der Waals surface area contributed by atoms with E-state index in [2.05, 4.69) is 20.7 Å². The highest BCUT2D eigenvalue weighted by atomic mass is 16.5. The SMILES string of the molecule is COC(=O)CCCCC(=O)N[C@H](C(=O)N[C@@H](C)C(=O)Nc1ccc(C)cc1)C(C)C. The third-order valence-electron chi connectivity index (χ3n) is 4.60. The highest BCUT2D eigenvalue weighted by molar-refractivity contribution is 5.98. The Labute approximate surface area is 178 Å². The van der Waals surface area contributed by atoms with Crippen molar-refractivity contribution in [3.8, 4) is 0 Å². The standard InChI is InChI=1S/C22H33N3O5/c1-14(2)20(25-18(26)8-6-7-9-19(27)30-5)22(29)23-16(4)21(28)24-17-12-10-15(3)11-13-17/h10-14,16,20H,6-9H2,1-5H3,(H,23,29)(H,24,28)(H,25,26)/t16-,20-/m0/s1. The molecule has 3 amide bonds. The van der Waals surface area contributed by atoms with Crippen LogP contribution in [-0.2, 0) is 23.9 Å². The molecular weight excluding hydrogens is 386 g/mol. The molecule has 0 heterocycles. The van der Waals surface area contributed by atoms with Gasteiger partial charge in [0.25, 0.3) is 0 Å². The number of esters is 1. The molecule has 0 radical (unpaired) electrons. The molecule has 8 nitrogen and oxygen atoms in total. The Bertz CT molecular complexity index is 731. The Balaban J connectivity index is 2.53. The number of hydrogen-bond acceptors (Lipinski definition) is 5. The lowest BCUT2D eigenvalue weighted by molar-refractivity contribution is -0.140. The fraction of sp³-hybridized carbons (Fsp3) is 0.545. The van der Waals surface area contributed by atoms with Crippen molar-refractivity contribution in [2.24, 2.45) is 5.92 Å². The molecule has 1 aromatic rings. The zero-order valence-corrected chi connectivity index (χ0v) is 18.4. The first-order chi connectivity index (χ1) is 14.1. The quantitative estimate of drug-likeness (QED) is 0.376. The maximum Gasteiger partial charge on any atom is 0.305 e. The summed E-state index contributed by atoms with van der Waals surface area (Å²) in [7, 11) is 1.32. The topological polar surface area (TPSA) is 114 Å². The Morgan fingerprint density at radius 2 is 1.50 bits per heavy atom. The predicted octanol–water partition coefficient (Wildman–Crippen LogP) is 2.31. The molecule has 0 aliphatic heterocycles. The molecule has 3 N–H and O–H groups in total. The van der Waals surface area contributed by atoms with Crippen LogP contribution in [0.25, 0.3) is 0 Å². The van der Waals surface area contributed by atoms with Gasteiger partial charge in [-0.2, -0.15) is 0 Å². The Hall–Kier alpha value is -2.90. The molecule has 0 spiro atoms. The van der Waals surface area contributed by atoms with Crippen molar-refractivity contribution >= 4 is 29.4 Å². The Kier molecular flexibility index (Phi) is 10.6. The minimum Gasteiger partial charge on any atom is -0.469 e. The zero-order valence-electron chi connectivity index (χ0n) is 18.4. The van der Waals surface area contributed by atoms with Gasteiger partial charge in [0.1, 0.15) is 12.1 Å². The van der Waals surface area contributed by atoms with E-state index in [-0.39, 0.29) is 36.5 Å². The largest absolute Gasteiger partial charge is 0.469 e. The number of nitrogens with one attached hydrogen (secondary N) is 3. The van der Waals surface area contributed by atoms with Crippen LogP contribution >= 0.6 is 0 Å². The second-order valence-electron chi connectivity index (χ2n) is 7.66. The average Bonchev–Trinajstić information content (AvgIpc) is 2.70. The molecule has 0 aliphatic carbocycles. The summed E-state index contributed by atoms with van der Waals surface area (Å²) in [5.74, 6) is -1.50. The summed E-state index contributed by atoms with van der Waals surface area (Å²) in [6.07, 6.45) is 1.51. The van der Waals surface area contributed by atoms with Gasteiger partial charge in [0.2, 0.25) is 17.7 Å². The summed E-state index contributed by atoms with van der Waals surface area (Å²) in [5, 5.41) is 8.13. The zero-order chi connectivity index (χ0) is 22.7. The number of methoxy groups -OCH3 is 1. The van der Waals surface area contributed by atoms with E-state index in [1.165, 1.54) is 7.11 Å². The number of amides is 3. The van der Waals surface area contributed by atoms with Crippen LogP contribution in [0.1, 0.15) is 52.0 Å². The van der Waals surface area contributed by atoms with Crippen LogP contribution in [-0.4, -0.2) is 42.9 Å². The van der Waals surface area contributed by atoms with Crippen molar-refractivity contribution in [1.82, 2.24) is 10.6 Å². The molecule has 1 rings (SSSR count). The van der Waals surface area contributed by atoms with Gasteiger partial charge in [0.15, 0.2) is 0 Å². The minimum atomic E-state index is -0.767. The molecule has 0 aromatic heterocycles. The number of ether oxygens (including phenoxy) is 1. The average molecular weight is 420 g/mol. The number of hydrogen-bond donors (Lipinski definition) is 3. The van der Waals surface area contributed by atoms with Gasteiger partial charge in [-0.3, -0.25) is 19.2 Å². The summed E-state index contributed by atoms with van der Waals surface area (Å²) in [4.78, 5) is 48.2. The van der Waals surface area contributed by atoms with Gasteiger partial charge in [-0.1, -0.05) is 31.5 Å². The fourth-order valence-electron chi connectivity index (χ4n) is 2.69. The highest BCUT2D eigenvalue weighted by Gasteiger charge is 2.26. The van der Waals surface area contributed by atoms with E-state index in [9.17, 15) is 19.2 Å². The maximum atomic E-state index is 12.6. The molecule has 0 bridgehead atoms. The lowest BCUT2D eigenvalue weighted by Crippen LogP contribution is -2.53. The first kappa shape index (κ1) is 25.1. The van der Waals surface area contributed by atoms with E-state index in [1.807, 2.05) is 32.9 Å². The van der Waals surface area contributed by atoms with Crippen molar-refractivity contribution in [2.45, 2.75) is 65.5 Å². The van der Waals surface area contributed by atoms with Gasteiger partial charge in [-0.15, -0.1) is 0 Å². The van der Waals surface area contributed by atoms with E-state index in [1.54, 1.807) is 19.1 Å². The highest BCUT2D eigenvalue weighted by Crippen LogP contribution is 2.10. The Morgan fingerprint density at radius 1 is 0.900 bits per heavy atom. The van der Waals surface area contributed by atoms with Crippen LogP contribution in [0.2, 0.25) is 0 Å². The molecule has 1 aromatic carbocycles. The van der Waals surface area contributed by atoms with Crippen LogP contribution in [0, 0.1) is 12.8 Å². The number of anilines is 1. The number of unbranched alkanes of at least 4 members (excludes halogenated alkanes) is 1. The van der Waals surface area contributed by atoms with Gasteiger partial charge in [0.05, 0.1) is 7.11 Å². The van der Waals surface area contributed by atoms with Crippen LogP contribution in [0.4, 0.5) is 5.69 Å². The Morgan fingerprint density at radius 3 is 2.07 bits per heavy atom. The number of carbonyl (C=O) groups is 4. The van der Waals surface area contributed by atoms with E-state index < -0.39 is 18.0 Å². The summed E-state index contributed by atoms with van der Waals surface area (Å²) in [5.41, 5.74) is 1.72. The molecule has 2 atom stereocenters. The third-order valence-corrected chi connectivity index (χ3v) is 4.60. The third kappa shape index (κ3) is 9.07. The van der Waals surface area contributed by atoms with Gasteiger partial charge in [0, 0.05) is 18.5 Å². The smallest absolute Gasteiger partial charge is 0.305 e. The van der Waals surface area contributed by atoms with Crippen molar-refractivity contribution in [3.63, 3.8) is 0 Å². The van der Waals surface area contributed by atoms with Crippen molar-refractivity contribution < 1.29 is 23.9 Å². The first-order valence-electron chi connectivity index (χ1n) is 10.2. The predicted molar refractivity (Wildman–Crippen MR) is 115 cm³/mol. The van der Waals surface area contributed by atoms with E-state index in [0.717, 1.165) is 5.56 Å². The molecule has 8 heteroatoms. The fourth-order valence-corrected chi connectivity index (χ4v) is 2.69. The van der Waals surface area contributed by atoms with Crippen LogP contribution in [0.15, 0.2) is 24.3 Å². The summed E-state index contributed by atoms with van der Waals surface area (Å²) in [6, 6.07) is 5.82. The lowest BCUT2D eigenvalue weighted by atomic mass is 10.0. The number of carbonyl (C=O) groups excluding carboxylic acids is 4. The molecule has 0 saturated carbocycles. The van der Waals surface area contributed by atoms with Gasteiger partial charge < -0.3 is 20.7 Å². The molecule has 0 fully saturated rings. The van der Waals surface area contributed by atoms with E-state index >= 15 is 0 Å². The number of rotatable bonds is 11. The summed E-state index contributed by atoms with van der Waals surface area (Å²) < 4.78 is 4.56. The number of benzene rings is 1.